The summed E-state index contributed by atoms with van der Waals surface area (Å²) in [5, 5.41) is 15.9. The summed E-state index contributed by atoms with van der Waals surface area (Å²) in [7, 11) is 1.51. The van der Waals surface area contributed by atoms with E-state index in [2.05, 4.69) is 15.4 Å². The Bertz CT molecular complexity index is 1040. The van der Waals surface area contributed by atoms with Gasteiger partial charge in [0.15, 0.2) is 5.75 Å². The first-order chi connectivity index (χ1) is 14.3. The number of carbonyl (C=O) groups excluding carboxylic acids is 1. The SMILES string of the molecule is COCCOc1cc(C(=O)Nc2ccnc(C(F)(F)F)c2)cc(-n2cc(O)cn2)c1. The summed E-state index contributed by atoms with van der Waals surface area (Å²) in [4.78, 5) is 15.9. The van der Waals surface area contributed by atoms with Gasteiger partial charge in [-0.3, -0.25) is 9.78 Å². The third-order valence-corrected chi connectivity index (χ3v) is 3.85. The molecule has 1 amide bonds. The highest BCUT2D eigenvalue weighted by Crippen LogP contribution is 2.29. The van der Waals surface area contributed by atoms with Crippen LogP contribution in [0.2, 0.25) is 0 Å². The molecule has 30 heavy (non-hydrogen) atoms. The van der Waals surface area contributed by atoms with E-state index in [-0.39, 0.29) is 23.6 Å². The van der Waals surface area contributed by atoms with Crippen molar-refractivity contribution in [3.8, 4) is 17.2 Å². The Kier molecular flexibility index (Phi) is 6.21. The fourth-order valence-corrected chi connectivity index (χ4v) is 2.49. The Labute approximate surface area is 168 Å². The molecule has 0 unspecified atom stereocenters. The number of amides is 1. The number of nitrogens with one attached hydrogen (secondary N) is 1. The van der Waals surface area contributed by atoms with Gasteiger partial charge in [-0.25, -0.2) is 4.68 Å². The van der Waals surface area contributed by atoms with Crippen LogP contribution >= 0.6 is 0 Å². The van der Waals surface area contributed by atoms with E-state index in [9.17, 15) is 23.1 Å². The van der Waals surface area contributed by atoms with Gasteiger partial charge in [0.1, 0.15) is 18.1 Å². The number of pyridine rings is 1. The number of aromatic hydroxyl groups is 1. The summed E-state index contributed by atoms with van der Waals surface area (Å²) < 4.78 is 50.3. The second-order valence-electron chi connectivity index (χ2n) is 6.08. The number of anilines is 1. The third kappa shape index (κ3) is 5.26. The molecule has 0 bridgehead atoms. The topological polar surface area (TPSA) is 98.5 Å². The van der Waals surface area contributed by atoms with Crippen LogP contribution in [0.25, 0.3) is 5.69 Å². The molecule has 3 rings (SSSR count). The van der Waals surface area contributed by atoms with E-state index >= 15 is 0 Å². The van der Waals surface area contributed by atoms with Crippen molar-refractivity contribution in [2.75, 3.05) is 25.6 Å². The minimum absolute atomic E-state index is 0.0636. The molecule has 2 N–H and O–H groups in total. The number of halogens is 3. The van der Waals surface area contributed by atoms with E-state index < -0.39 is 17.8 Å². The Morgan fingerprint density at radius 1 is 1.23 bits per heavy atom. The lowest BCUT2D eigenvalue weighted by atomic mass is 10.1. The van der Waals surface area contributed by atoms with Crippen LogP contribution in [0.1, 0.15) is 16.1 Å². The van der Waals surface area contributed by atoms with Crippen LogP contribution in [-0.4, -0.2) is 46.1 Å². The number of alkyl halides is 3. The van der Waals surface area contributed by atoms with Crippen LogP contribution in [0, 0.1) is 0 Å². The van der Waals surface area contributed by atoms with Gasteiger partial charge in [0, 0.05) is 30.6 Å². The zero-order chi connectivity index (χ0) is 21.7. The molecule has 0 fully saturated rings. The normalized spacial score (nSPS) is 11.3. The van der Waals surface area contributed by atoms with Gasteiger partial charge in [-0.15, -0.1) is 0 Å². The van der Waals surface area contributed by atoms with E-state index in [1.54, 1.807) is 6.07 Å². The summed E-state index contributed by atoms with van der Waals surface area (Å²) in [5.74, 6) is -0.428. The Morgan fingerprint density at radius 2 is 2.03 bits per heavy atom. The average molecular weight is 422 g/mol. The average Bonchev–Trinajstić information content (AvgIpc) is 3.14. The lowest BCUT2D eigenvalue weighted by Gasteiger charge is -2.12. The smallest absolute Gasteiger partial charge is 0.433 e. The summed E-state index contributed by atoms with van der Waals surface area (Å²) in [6.07, 6.45) is -1.13. The van der Waals surface area contributed by atoms with Crippen molar-refractivity contribution in [3.05, 3.63) is 60.2 Å². The monoisotopic (exact) mass is 422 g/mol. The lowest BCUT2D eigenvalue weighted by molar-refractivity contribution is -0.141. The highest BCUT2D eigenvalue weighted by atomic mass is 19.4. The molecule has 0 radical (unpaired) electrons. The van der Waals surface area contributed by atoms with Crippen molar-refractivity contribution in [1.82, 2.24) is 14.8 Å². The number of hydrogen-bond donors (Lipinski definition) is 2. The van der Waals surface area contributed by atoms with E-state index in [0.29, 0.717) is 18.0 Å². The first-order valence-electron chi connectivity index (χ1n) is 8.61. The third-order valence-electron chi connectivity index (χ3n) is 3.85. The van der Waals surface area contributed by atoms with Crippen molar-refractivity contribution >= 4 is 11.6 Å². The summed E-state index contributed by atoms with van der Waals surface area (Å²) in [6, 6.07) is 6.47. The summed E-state index contributed by atoms with van der Waals surface area (Å²) >= 11 is 0. The van der Waals surface area contributed by atoms with Crippen molar-refractivity contribution in [3.63, 3.8) is 0 Å². The molecule has 0 saturated heterocycles. The zero-order valence-electron chi connectivity index (χ0n) is 15.7. The molecule has 0 atom stereocenters. The molecular formula is C19H17F3N4O4. The van der Waals surface area contributed by atoms with Gasteiger partial charge >= 0.3 is 6.18 Å². The Morgan fingerprint density at radius 3 is 2.70 bits per heavy atom. The first kappa shape index (κ1) is 21.1. The highest BCUT2D eigenvalue weighted by Gasteiger charge is 2.32. The van der Waals surface area contributed by atoms with E-state index in [0.717, 1.165) is 12.3 Å². The first-order valence-corrected chi connectivity index (χ1v) is 8.61. The molecule has 8 nitrogen and oxygen atoms in total. The van der Waals surface area contributed by atoms with Crippen LogP contribution in [0.15, 0.2) is 48.9 Å². The number of methoxy groups -OCH3 is 1. The van der Waals surface area contributed by atoms with Crippen LogP contribution in [0.3, 0.4) is 0 Å². The molecule has 0 aliphatic rings. The fourth-order valence-electron chi connectivity index (χ4n) is 2.49. The molecule has 0 aliphatic heterocycles. The van der Waals surface area contributed by atoms with Gasteiger partial charge < -0.3 is 19.9 Å². The molecule has 0 spiro atoms. The van der Waals surface area contributed by atoms with Gasteiger partial charge in [0.05, 0.1) is 24.7 Å². The maximum Gasteiger partial charge on any atom is 0.433 e. The number of benzene rings is 1. The lowest BCUT2D eigenvalue weighted by Crippen LogP contribution is -2.15. The van der Waals surface area contributed by atoms with Crippen molar-refractivity contribution in [1.29, 1.82) is 0 Å². The molecule has 0 aliphatic carbocycles. The Balaban J connectivity index is 1.89. The predicted molar refractivity (Wildman–Crippen MR) is 99.8 cm³/mol. The number of carbonyl (C=O) groups is 1. The van der Waals surface area contributed by atoms with Crippen molar-refractivity contribution < 1.29 is 32.5 Å². The highest BCUT2D eigenvalue weighted by molar-refractivity contribution is 6.04. The minimum atomic E-state index is -4.63. The Hall–Kier alpha value is -3.60. The molecule has 11 heteroatoms. The zero-order valence-corrected chi connectivity index (χ0v) is 15.7. The van der Waals surface area contributed by atoms with Crippen LogP contribution in [0.5, 0.6) is 11.5 Å². The molecule has 3 aromatic rings. The second kappa shape index (κ2) is 8.82. The summed E-state index contributed by atoms with van der Waals surface area (Å²) in [6.45, 7) is 0.524. The van der Waals surface area contributed by atoms with Crippen molar-refractivity contribution in [2.45, 2.75) is 6.18 Å². The van der Waals surface area contributed by atoms with Gasteiger partial charge in [0.25, 0.3) is 5.91 Å². The number of ether oxygens (including phenoxy) is 2. The van der Waals surface area contributed by atoms with Gasteiger partial charge in [0.2, 0.25) is 0 Å². The van der Waals surface area contributed by atoms with Crippen LogP contribution in [-0.2, 0) is 10.9 Å². The van der Waals surface area contributed by atoms with E-state index in [1.807, 2.05) is 0 Å². The van der Waals surface area contributed by atoms with Gasteiger partial charge in [-0.2, -0.15) is 18.3 Å². The minimum Gasteiger partial charge on any atom is -0.505 e. The van der Waals surface area contributed by atoms with Crippen LogP contribution in [0.4, 0.5) is 18.9 Å². The molecule has 0 saturated carbocycles. The second-order valence-corrected chi connectivity index (χ2v) is 6.08. The molecular weight excluding hydrogens is 405 g/mol. The number of rotatable bonds is 7. The van der Waals surface area contributed by atoms with Gasteiger partial charge in [-0.1, -0.05) is 0 Å². The maximum absolute atomic E-state index is 12.8. The van der Waals surface area contributed by atoms with E-state index in [4.69, 9.17) is 9.47 Å². The molecule has 2 aromatic heterocycles. The maximum atomic E-state index is 12.8. The summed E-state index contributed by atoms with van der Waals surface area (Å²) in [5.41, 5.74) is -0.669. The predicted octanol–water partition coefficient (Wildman–Crippen LogP) is 3.27. The largest absolute Gasteiger partial charge is 0.505 e. The number of aromatic nitrogens is 3. The number of nitrogens with zero attached hydrogens (tertiary/aromatic N) is 3. The van der Waals surface area contributed by atoms with Crippen LogP contribution < -0.4 is 10.1 Å². The standard InChI is InChI=1S/C19H17F3N4O4/c1-29-4-5-30-16-7-12(6-14(9-16)26-11-15(27)10-24-26)18(28)25-13-2-3-23-17(8-13)19(20,21)22/h2-3,6-11,27H,4-5H2,1H3,(H,23,25,28). The quantitative estimate of drug-likeness (QED) is 0.567. The van der Waals surface area contributed by atoms with Gasteiger partial charge in [-0.05, 0) is 24.3 Å². The molecule has 1 aromatic carbocycles. The molecule has 158 valence electrons. The van der Waals surface area contributed by atoms with E-state index in [1.165, 1.54) is 42.4 Å². The van der Waals surface area contributed by atoms with Crippen molar-refractivity contribution in [2.24, 2.45) is 0 Å². The fraction of sp³-hybridized carbons (Fsp3) is 0.211. The molecule has 2 heterocycles. The number of hydrogen-bond acceptors (Lipinski definition) is 6.